The van der Waals surface area contributed by atoms with Gasteiger partial charge in [-0.25, -0.2) is 14.9 Å². The molecule has 4 heterocycles. The summed E-state index contributed by atoms with van der Waals surface area (Å²) >= 11 is 10.6. The molecule has 0 bridgehead atoms. The zero-order valence-corrected chi connectivity index (χ0v) is 32.2. The van der Waals surface area contributed by atoms with Crippen LogP contribution in [0.2, 0.25) is 0 Å². The molecule has 18 nitrogen and oxygen atoms in total. The van der Waals surface area contributed by atoms with E-state index in [2.05, 4.69) is 40.8 Å². The fourth-order valence-electron chi connectivity index (χ4n) is 5.63. The summed E-state index contributed by atoms with van der Waals surface area (Å²) in [7, 11) is 0. The molecule has 8 aromatic rings. The van der Waals surface area contributed by atoms with Gasteiger partial charge in [-0.15, -0.1) is 10.2 Å². The predicted octanol–water partition coefficient (Wildman–Crippen LogP) is 7.78. The Morgan fingerprint density at radius 2 is 1.12 bits per heavy atom. The first-order chi connectivity index (χ1) is 28.0. The first kappa shape index (κ1) is 38.4. The van der Waals surface area contributed by atoms with Gasteiger partial charge in [0.25, 0.3) is 23.3 Å². The van der Waals surface area contributed by atoms with Crippen LogP contribution in [0.3, 0.4) is 0 Å². The average Bonchev–Trinajstić information content (AvgIpc) is 4.02. The summed E-state index contributed by atoms with van der Waals surface area (Å²) in [5.41, 5.74) is 6.35. The number of hydrogen-bond acceptors (Lipinski definition) is 12. The Hall–Kier alpha value is -7.84. The van der Waals surface area contributed by atoms with Gasteiger partial charge >= 0.3 is 0 Å². The van der Waals surface area contributed by atoms with Gasteiger partial charge in [0.05, 0.1) is 39.4 Å². The minimum absolute atomic E-state index is 0.0135. The van der Waals surface area contributed by atoms with E-state index in [1.807, 2.05) is 86.6 Å². The van der Waals surface area contributed by atoms with Crippen molar-refractivity contribution in [1.82, 2.24) is 49.3 Å². The van der Waals surface area contributed by atoms with Crippen LogP contribution in [0.15, 0.2) is 132 Å². The van der Waals surface area contributed by atoms with Gasteiger partial charge in [-0.1, -0.05) is 84.9 Å². The van der Waals surface area contributed by atoms with Gasteiger partial charge in [-0.3, -0.25) is 20.2 Å². The summed E-state index contributed by atoms with van der Waals surface area (Å²) in [5.74, 6) is 0.764. The molecular weight excluding hydrogens is 781 g/mol. The lowest BCUT2D eigenvalue weighted by Crippen LogP contribution is -2.07. The highest BCUT2D eigenvalue weighted by Gasteiger charge is 2.17. The van der Waals surface area contributed by atoms with E-state index in [9.17, 15) is 20.2 Å². The van der Waals surface area contributed by atoms with E-state index in [-0.39, 0.29) is 20.9 Å². The second kappa shape index (κ2) is 16.9. The maximum Gasteiger partial charge on any atom is 0.272 e. The molecule has 0 aliphatic carbocycles. The van der Waals surface area contributed by atoms with Crippen LogP contribution in [0.5, 0.6) is 0 Å². The molecule has 288 valence electrons. The Morgan fingerprint density at radius 3 is 1.64 bits per heavy atom. The molecule has 58 heavy (non-hydrogen) atoms. The van der Waals surface area contributed by atoms with Crippen LogP contribution in [0, 0.1) is 43.6 Å². The normalized spacial score (nSPS) is 11.2. The number of aryl methyl sites for hydroxylation is 2. The largest absolute Gasteiger partial charge is 0.272 e. The van der Waals surface area contributed by atoms with Gasteiger partial charge in [-0.2, -0.15) is 34.4 Å². The third-order valence-corrected chi connectivity index (χ3v) is 8.84. The Balaban J connectivity index is 0.000000177. The van der Waals surface area contributed by atoms with Crippen molar-refractivity contribution >= 4 is 48.2 Å². The first-order valence-electron chi connectivity index (χ1n) is 17.2. The maximum atomic E-state index is 11.0. The van der Waals surface area contributed by atoms with Crippen molar-refractivity contribution in [3.63, 3.8) is 0 Å². The number of nitrogens with one attached hydrogen (secondary N) is 2. The number of aromatic nitrogens is 10. The Morgan fingerprint density at radius 1 is 0.621 bits per heavy atom. The summed E-state index contributed by atoms with van der Waals surface area (Å²) in [6.45, 7) is 3.80. The van der Waals surface area contributed by atoms with E-state index in [0.29, 0.717) is 23.0 Å². The van der Waals surface area contributed by atoms with Gasteiger partial charge in [0, 0.05) is 52.2 Å². The smallest absolute Gasteiger partial charge is 0.258 e. The van der Waals surface area contributed by atoms with E-state index in [1.165, 1.54) is 46.0 Å². The highest BCUT2D eigenvalue weighted by atomic mass is 32.1. The number of rotatable bonds is 10. The van der Waals surface area contributed by atoms with Crippen molar-refractivity contribution < 1.29 is 9.85 Å². The zero-order valence-electron chi connectivity index (χ0n) is 30.5. The van der Waals surface area contributed by atoms with Gasteiger partial charge in [0.2, 0.25) is 9.54 Å². The molecule has 4 aromatic carbocycles. The number of hydrogen-bond donors (Lipinski definition) is 2. The molecule has 0 unspecified atom stereocenters. The van der Waals surface area contributed by atoms with E-state index in [0.717, 1.165) is 33.9 Å². The van der Waals surface area contributed by atoms with Crippen molar-refractivity contribution in [2.24, 2.45) is 10.2 Å². The van der Waals surface area contributed by atoms with Crippen molar-refractivity contribution in [3.8, 4) is 34.4 Å². The molecule has 0 radical (unpaired) electrons. The summed E-state index contributed by atoms with van der Waals surface area (Å²) in [5, 5.41) is 53.7. The zero-order chi connectivity index (χ0) is 40.8. The molecule has 0 aliphatic rings. The minimum atomic E-state index is -0.454. The maximum absolute atomic E-state index is 11.0. The van der Waals surface area contributed by atoms with E-state index < -0.39 is 9.85 Å². The molecule has 20 heteroatoms. The van der Waals surface area contributed by atoms with Crippen molar-refractivity contribution in [3.05, 3.63) is 174 Å². The van der Waals surface area contributed by atoms with Gasteiger partial charge in [-0.05, 0) is 50.4 Å². The molecule has 0 fully saturated rings. The molecule has 0 spiro atoms. The molecule has 0 aliphatic heterocycles. The van der Waals surface area contributed by atoms with E-state index in [4.69, 9.17) is 24.4 Å². The number of nitro groups is 2. The number of aromatic amines is 2. The van der Waals surface area contributed by atoms with Crippen molar-refractivity contribution in [2.75, 3.05) is 0 Å². The summed E-state index contributed by atoms with van der Waals surface area (Å²) < 4.78 is 6.68. The van der Waals surface area contributed by atoms with Crippen LogP contribution in [0.25, 0.3) is 34.4 Å². The topological polar surface area (TPSA) is 214 Å². The molecule has 0 saturated carbocycles. The lowest BCUT2D eigenvalue weighted by atomic mass is 10.1. The van der Waals surface area contributed by atoms with Crippen LogP contribution in [-0.2, 0) is 0 Å². The van der Waals surface area contributed by atoms with Crippen molar-refractivity contribution in [2.45, 2.75) is 13.8 Å². The highest BCUT2D eigenvalue weighted by Crippen LogP contribution is 2.24. The number of nitrogens with zero attached hydrogens (tertiary/aromatic N) is 12. The molecule has 4 aromatic heterocycles. The molecule has 2 N–H and O–H groups in total. The number of non-ortho nitro benzene ring substituents is 2. The van der Waals surface area contributed by atoms with Crippen LogP contribution in [0.4, 0.5) is 11.4 Å². The van der Waals surface area contributed by atoms with Crippen molar-refractivity contribution in [1.29, 1.82) is 0 Å². The number of nitro benzene ring substituents is 2. The monoisotopic (exact) mass is 810 g/mol. The van der Waals surface area contributed by atoms with Crippen LogP contribution >= 0.6 is 24.4 Å². The quantitative estimate of drug-likeness (QED) is 0.0592. The summed E-state index contributed by atoms with van der Waals surface area (Å²) in [6, 6.07) is 35.8. The Labute approximate surface area is 338 Å². The average molecular weight is 811 g/mol. The van der Waals surface area contributed by atoms with E-state index in [1.54, 1.807) is 33.6 Å². The first-order valence-corrected chi connectivity index (χ1v) is 18.0. The third-order valence-electron chi connectivity index (χ3n) is 8.31. The molecular formula is C38H30N14O4S2. The van der Waals surface area contributed by atoms with Gasteiger partial charge in [0.1, 0.15) is 0 Å². The SMILES string of the molecule is Cc1cc(-c2ccccc2)n(-c2n[nH]c(=S)n2/N=C/c2cccc([N+](=O)[O-])c2)n1.Cc1cc(-c2ccccc2)nn1-c1n[nH]c(=S)n1/N=C/c1cccc([N+](=O)[O-])c1. The third kappa shape index (κ3) is 8.51. The van der Waals surface area contributed by atoms with Crippen LogP contribution in [-0.4, -0.2) is 71.6 Å². The number of H-pyrrole nitrogens is 2. The molecule has 0 atom stereocenters. The van der Waals surface area contributed by atoms with E-state index >= 15 is 0 Å². The lowest BCUT2D eigenvalue weighted by molar-refractivity contribution is -0.385. The van der Waals surface area contributed by atoms with Gasteiger partial charge < -0.3 is 0 Å². The summed E-state index contributed by atoms with van der Waals surface area (Å²) in [4.78, 5) is 21.0. The van der Waals surface area contributed by atoms with Crippen LogP contribution < -0.4 is 0 Å². The second-order valence-electron chi connectivity index (χ2n) is 12.4. The molecule has 0 amide bonds. The fourth-order valence-corrected chi connectivity index (χ4v) is 5.98. The highest BCUT2D eigenvalue weighted by molar-refractivity contribution is 7.71. The number of benzene rings is 4. The fraction of sp³-hybridized carbons (Fsp3) is 0.0526. The summed E-state index contributed by atoms with van der Waals surface area (Å²) in [6.07, 6.45) is 2.97. The Kier molecular flexibility index (Phi) is 11.2. The molecule has 8 rings (SSSR count). The Bertz CT molecular complexity index is 2940. The predicted molar refractivity (Wildman–Crippen MR) is 222 cm³/mol. The standard InChI is InChI=1S/2C19H15N7O2S/c1-13-10-17(15-7-3-2-4-8-15)23-24(13)18-21-22-19(29)25(18)20-12-14-6-5-9-16(11-14)26(27)28;1-13-10-17(15-7-3-2-4-8-15)24(23-13)18-21-22-19(29)25(18)20-12-14-6-5-9-16(11-14)26(27)28/h2*2-12H,1H3,(H,22,29)/b2*20-12+. The van der Waals surface area contributed by atoms with Gasteiger partial charge in [0.15, 0.2) is 0 Å². The minimum Gasteiger partial charge on any atom is -0.258 e. The lowest BCUT2D eigenvalue weighted by Gasteiger charge is -2.06. The van der Waals surface area contributed by atoms with Crippen LogP contribution in [0.1, 0.15) is 22.5 Å². The second-order valence-corrected chi connectivity index (χ2v) is 13.1. The molecule has 0 saturated heterocycles.